The Bertz CT molecular complexity index is 584. The molecule has 0 atom stereocenters. The molecular weight excluding hydrogens is 228 g/mol. The molecule has 0 amide bonds. The number of thiophene rings is 1. The van der Waals surface area contributed by atoms with E-state index in [1.165, 1.54) is 47.3 Å². The van der Waals surface area contributed by atoms with Gasteiger partial charge in [-0.2, -0.15) is 0 Å². The van der Waals surface area contributed by atoms with E-state index in [2.05, 4.69) is 24.3 Å². The number of fused-ring (bicyclic) bond motifs is 1. The van der Waals surface area contributed by atoms with Crippen LogP contribution in [0.1, 0.15) is 22.4 Å². The lowest BCUT2D eigenvalue weighted by Gasteiger charge is -2.05. The maximum Gasteiger partial charge on any atom is 0.133 e. The van der Waals surface area contributed by atoms with Crippen LogP contribution in [-0.2, 0) is 12.8 Å². The van der Waals surface area contributed by atoms with Gasteiger partial charge in [0.2, 0.25) is 0 Å². The summed E-state index contributed by atoms with van der Waals surface area (Å²) >= 11 is 1.54. The van der Waals surface area contributed by atoms with Gasteiger partial charge in [0, 0.05) is 5.56 Å². The molecule has 0 saturated carbocycles. The van der Waals surface area contributed by atoms with Crippen LogP contribution in [0.15, 0.2) is 29.6 Å². The molecule has 0 bridgehead atoms. The zero-order valence-electron chi connectivity index (χ0n) is 9.49. The summed E-state index contributed by atoms with van der Waals surface area (Å²) in [7, 11) is 0. The fourth-order valence-electron chi connectivity index (χ4n) is 2.48. The van der Waals surface area contributed by atoms with Crippen molar-refractivity contribution in [2.45, 2.75) is 19.3 Å². The van der Waals surface area contributed by atoms with Gasteiger partial charge in [0.25, 0.3) is 0 Å². The molecule has 3 N–H and O–H groups in total. The van der Waals surface area contributed by atoms with E-state index >= 15 is 0 Å². The predicted molar refractivity (Wildman–Crippen MR) is 72.8 cm³/mol. The van der Waals surface area contributed by atoms with Crippen molar-refractivity contribution in [1.82, 2.24) is 0 Å². The van der Waals surface area contributed by atoms with Crippen LogP contribution in [0.4, 0.5) is 0 Å². The van der Waals surface area contributed by atoms with Gasteiger partial charge in [-0.05, 0) is 47.4 Å². The first-order valence-electron chi connectivity index (χ1n) is 5.80. The largest absolute Gasteiger partial charge is 0.383 e. The molecule has 0 saturated heterocycles. The topological polar surface area (TPSA) is 49.9 Å². The summed E-state index contributed by atoms with van der Waals surface area (Å²) in [5.41, 5.74) is 10.8. The molecule has 1 aliphatic carbocycles. The number of hydrogen-bond donors (Lipinski definition) is 2. The van der Waals surface area contributed by atoms with Crippen LogP contribution in [0, 0.1) is 5.41 Å². The van der Waals surface area contributed by atoms with E-state index in [4.69, 9.17) is 11.1 Å². The van der Waals surface area contributed by atoms with Crippen LogP contribution in [0.25, 0.3) is 11.1 Å². The van der Waals surface area contributed by atoms with Gasteiger partial charge >= 0.3 is 0 Å². The molecule has 17 heavy (non-hydrogen) atoms. The van der Waals surface area contributed by atoms with E-state index in [-0.39, 0.29) is 5.84 Å². The van der Waals surface area contributed by atoms with Crippen LogP contribution in [0.3, 0.4) is 0 Å². The van der Waals surface area contributed by atoms with E-state index in [1.54, 1.807) is 0 Å². The summed E-state index contributed by atoms with van der Waals surface area (Å²) in [5.74, 6) is 0.162. The van der Waals surface area contributed by atoms with Crippen molar-refractivity contribution in [3.63, 3.8) is 0 Å². The Morgan fingerprint density at radius 3 is 2.82 bits per heavy atom. The molecule has 1 aromatic carbocycles. The number of amidine groups is 1. The highest BCUT2D eigenvalue weighted by Gasteiger charge is 2.14. The van der Waals surface area contributed by atoms with Crippen molar-refractivity contribution in [3.05, 3.63) is 45.6 Å². The number of nitrogens with one attached hydrogen (secondary N) is 1. The first kappa shape index (κ1) is 10.5. The van der Waals surface area contributed by atoms with Crippen LogP contribution in [0.5, 0.6) is 0 Å². The lowest BCUT2D eigenvalue weighted by molar-refractivity contribution is 0.912. The molecule has 3 heteroatoms. The van der Waals surface area contributed by atoms with Crippen LogP contribution < -0.4 is 5.73 Å². The Hall–Kier alpha value is -1.61. The van der Waals surface area contributed by atoms with Crippen molar-refractivity contribution in [1.29, 1.82) is 5.41 Å². The molecule has 2 aromatic rings. The minimum Gasteiger partial charge on any atom is -0.383 e. The van der Waals surface area contributed by atoms with Gasteiger partial charge in [-0.25, -0.2) is 0 Å². The Labute approximate surface area is 105 Å². The van der Waals surface area contributed by atoms with Crippen molar-refractivity contribution in [3.8, 4) is 11.1 Å². The molecule has 1 aliphatic rings. The Balaban J connectivity index is 2.09. The van der Waals surface area contributed by atoms with E-state index in [0.717, 1.165) is 10.4 Å². The fourth-order valence-corrected chi connectivity index (χ4v) is 3.26. The maximum atomic E-state index is 7.58. The van der Waals surface area contributed by atoms with Crippen molar-refractivity contribution < 1.29 is 0 Å². The van der Waals surface area contributed by atoms with Crippen molar-refractivity contribution in [2.24, 2.45) is 5.73 Å². The normalized spacial score (nSPS) is 13.6. The van der Waals surface area contributed by atoms with Crippen molar-refractivity contribution in [2.75, 3.05) is 0 Å². The summed E-state index contributed by atoms with van der Waals surface area (Å²) in [5, 5.41) is 9.58. The minimum atomic E-state index is 0.162. The summed E-state index contributed by atoms with van der Waals surface area (Å²) in [6.07, 6.45) is 3.66. The standard InChI is InChI=1S/C14H14N2S/c15-14(16)13-12(6-7-17-13)11-5-4-9-2-1-3-10(9)8-11/h4-8H,1-3H2,(H3,15,16). The zero-order valence-corrected chi connectivity index (χ0v) is 10.3. The van der Waals surface area contributed by atoms with E-state index in [9.17, 15) is 0 Å². The quantitative estimate of drug-likeness (QED) is 0.616. The van der Waals surface area contributed by atoms with Gasteiger partial charge in [0.15, 0.2) is 0 Å². The summed E-state index contributed by atoms with van der Waals surface area (Å²) in [4.78, 5) is 0.878. The highest BCUT2D eigenvalue weighted by atomic mass is 32.1. The van der Waals surface area contributed by atoms with Gasteiger partial charge in [-0.3, -0.25) is 5.41 Å². The molecule has 0 aliphatic heterocycles. The molecule has 2 nitrogen and oxygen atoms in total. The number of nitrogens with two attached hydrogens (primary N) is 1. The lowest BCUT2D eigenvalue weighted by atomic mass is 10.0. The third-order valence-corrected chi connectivity index (χ3v) is 4.27. The number of hydrogen-bond acceptors (Lipinski definition) is 2. The average Bonchev–Trinajstić information content (AvgIpc) is 2.96. The molecule has 3 rings (SSSR count). The first-order chi connectivity index (χ1) is 8.25. The van der Waals surface area contributed by atoms with Gasteiger partial charge in [0.05, 0.1) is 4.88 Å². The van der Waals surface area contributed by atoms with E-state index < -0.39 is 0 Å². The summed E-state index contributed by atoms with van der Waals surface area (Å²) in [6, 6.07) is 8.69. The summed E-state index contributed by atoms with van der Waals surface area (Å²) in [6.45, 7) is 0. The Morgan fingerprint density at radius 1 is 1.18 bits per heavy atom. The molecule has 0 unspecified atom stereocenters. The van der Waals surface area contributed by atoms with Gasteiger partial charge in [-0.15, -0.1) is 11.3 Å². The molecule has 0 radical (unpaired) electrons. The SMILES string of the molecule is N=C(N)c1sccc1-c1ccc2c(c1)CCC2. The second kappa shape index (κ2) is 4.00. The highest BCUT2D eigenvalue weighted by molar-refractivity contribution is 7.12. The van der Waals surface area contributed by atoms with Gasteiger partial charge in [0.1, 0.15) is 5.84 Å². The van der Waals surface area contributed by atoms with Crippen molar-refractivity contribution >= 4 is 17.2 Å². The van der Waals surface area contributed by atoms with Crippen LogP contribution >= 0.6 is 11.3 Å². The van der Waals surface area contributed by atoms with Gasteiger partial charge in [-0.1, -0.05) is 18.2 Å². The molecule has 0 spiro atoms. The molecule has 1 aromatic heterocycles. The number of nitrogen functional groups attached to an aromatic ring is 1. The first-order valence-corrected chi connectivity index (χ1v) is 6.68. The van der Waals surface area contributed by atoms with E-state index in [1.807, 2.05) is 5.38 Å². The van der Waals surface area contributed by atoms with E-state index in [0.29, 0.717) is 0 Å². The molecule has 0 fully saturated rings. The maximum absolute atomic E-state index is 7.58. The lowest BCUT2D eigenvalue weighted by Crippen LogP contribution is -2.09. The zero-order chi connectivity index (χ0) is 11.8. The third kappa shape index (κ3) is 1.76. The third-order valence-electron chi connectivity index (χ3n) is 3.32. The Kier molecular flexibility index (Phi) is 2.48. The minimum absolute atomic E-state index is 0.162. The highest BCUT2D eigenvalue weighted by Crippen LogP contribution is 2.32. The monoisotopic (exact) mass is 242 g/mol. The molecule has 86 valence electrons. The second-order valence-electron chi connectivity index (χ2n) is 4.41. The average molecular weight is 242 g/mol. The van der Waals surface area contributed by atoms with Crippen LogP contribution in [-0.4, -0.2) is 5.84 Å². The van der Waals surface area contributed by atoms with Crippen LogP contribution in [0.2, 0.25) is 0 Å². The summed E-state index contributed by atoms with van der Waals surface area (Å²) < 4.78 is 0. The second-order valence-corrected chi connectivity index (χ2v) is 5.33. The smallest absolute Gasteiger partial charge is 0.133 e. The number of aryl methyl sites for hydroxylation is 2. The fraction of sp³-hybridized carbons (Fsp3) is 0.214. The molecular formula is C14H14N2S. The predicted octanol–water partition coefficient (Wildman–Crippen LogP) is 3.19. The molecule has 1 heterocycles. The number of rotatable bonds is 2. The Morgan fingerprint density at radius 2 is 2.00 bits per heavy atom. The van der Waals surface area contributed by atoms with Gasteiger partial charge < -0.3 is 5.73 Å². The number of benzene rings is 1.